The van der Waals surface area contributed by atoms with E-state index in [-0.39, 0.29) is 5.57 Å². The summed E-state index contributed by atoms with van der Waals surface area (Å²) in [5.41, 5.74) is 0.429. The van der Waals surface area contributed by atoms with E-state index in [4.69, 9.17) is 19.2 Å². The van der Waals surface area contributed by atoms with Crippen molar-refractivity contribution < 1.29 is 18.7 Å². The van der Waals surface area contributed by atoms with E-state index in [0.717, 1.165) is 0 Å². The SMILES string of the molecule is COc1ccc(NC(=O)/C(C#N)=C/c2ccc(C)o2)cc1OC. The molecular formula is C17H16N2O4. The van der Waals surface area contributed by atoms with E-state index in [1.54, 1.807) is 37.3 Å². The highest BCUT2D eigenvalue weighted by molar-refractivity contribution is 6.09. The van der Waals surface area contributed by atoms with E-state index < -0.39 is 5.91 Å². The Kier molecular flexibility index (Phi) is 5.05. The highest BCUT2D eigenvalue weighted by Crippen LogP contribution is 2.29. The molecule has 0 aliphatic rings. The topological polar surface area (TPSA) is 84.5 Å². The van der Waals surface area contributed by atoms with Crippen LogP contribution in [0.5, 0.6) is 11.5 Å². The molecule has 0 spiro atoms. The number of benzene rings is 1. The summed E-state index contributed by atoms with van der Waals surface area (Å²) in [6.45, 7) is 1.78. The van der Waals surface area contributed by atoms with Gasteiger partial charge >= 0.3 is 0 Å². The van der Waals surface area contributed by atoms with E-state index >= 15 is 0 Å². The number of ether oxygens (including phenoxy) is 2. The lowest BCUT2D eigenvalue weighted by atomic mass is 10.2. The van der Waals surface area contributed by atoms with Gasteiger partial charge in [0, 0.05) is 17.8 Å². The second-order valence-electron chi connectivity index (χ2n) is 4.64. The van der Waals surface area contributed by atoms with Crippen molar-refractivity contribution in [1.29, 1.82) is 5.26 Å². The van der Waals surface area contributed by atoms with Gasteiger partial charge in [0.25, 0.3) is 5.91 Å². The highest BCUT2D eigenvalue weighted by Gasteiger charge is 2.12. The quantitative estimate of drug-likeness (QED) is 0.677. The predicted octanol–water partition coefficient (Wildman–Crippen LogP) is 3.15. The molecule has 1 aromatic carbocycles. The summed E-state index contributed by atoms with van der Waals surface area (Å²) >= 11 is 0. The molecule has 0 aliphatic heterocycles. The summed E-state index contributed by atoms with van der Waals surface area (Å²) in [6, 6.07) is 10.3. The minimum atomic E-state index is -0.534. The number of amides is 1. The molecule has 118 valence electrons. The van der Waals surface area contributed by atoms with Gasteiger partial charge in [-0.2, -0.15) is 5.26 Å². The molecule has 2 rings (SSSR count). The van der Waals surface area contributed by atoms with Crippen molar-refractivity contribution in [3.8, 4) is 17.6 Å². The zero-order valence-corrected chi connectivity index (χ0v) is 13.0. The summed E-state index contributed by atoms with van der Waals surface area (Å²) in [5.74, 6) is 1.64. The molecular weight excluding hydrogens is 296 g/mol. The fourth-order valence-corrected chi connectivity index (χ4v) is 1.93. The number of hydrogen-bond acceptors (Lipinski definition) is 5. The summed E-state index contributed by atoms with van der Waals surface area (Å²) in [5, 5.41) is 11.8. The third-order valence-electron chi connectivity index (χ3n) is 3.05. The molecule has 1 N–H and O–H groups in total. The molecule has 2 aromatic rings. The molecule has 0 unspecified atom stereocenters. The van der Waals surface area contributed by atoms with Gasteiger partial charge in [0.15, 0.2) is 11.5 Å². The summed E-state index contributed by atoms with van der Waals surface area (Å²) in [7, 11) is 3.03. The second-order valence-corrected chi connectivity index (χ2v) is 4.64. The summed E-state index contributed by atoms with van der Waals surface area (Å²) in [4.78, 5) is 12.2. The van der Waals surface area contributed by atoms with E-state index in [1.807, 2.05) is 6.07 Å². The molecule has 23 heavy (non-hydrogen) atoms. The van der Waals surface area contributed by atoms with Crippen LogP contribution in [0.15, 0.2) is 40.3 Å². The number of rotatable bonds is 5. The predicted molar refractivity (Wildman–Crippen MR) is 85.2 cm³/mol. The molecule has 0 bridgehead atoms. The van der Waals surface area contributed by atoms with Gasteiger partial charge in [-0.05, 0) is 31.2 Å². The van der Waals surface area contributed by atoms with Crippen LogP contribution >= 0.6 is 0 Å². The Labute approximate surface area is 133 Å². The lowest BCUT2D eigenvalue weighted by Gasteiger charge is -2.10. The molecule has 1 amide bonds. The maximum absolute atomic E-state index is 12.2. The van der Waals surface area contributed by atoms with Gasteiger partial charge in [-0.15, -0.1) is 0 Å². The number of aryl methyl sites for hydroxylation is 1. The zero-order chi connectivity index (χ0) is 16.8. The Balaban J connectivity index is 2.20. The van der Waals surface area contributed by atoms with Crippen LogP contribution in [-0.4, -0.2) is 20.1 Å². The summed E-state index contributed by atoms with van der Waals surface area (Å²) < 4.78 is 15.6. The molecule has 0 aliphatic carbocycles. The summed E-state index contributed by atoms with van der Waals surface area (Å²) in [6.07, 6.45) is 1.39. The first-order chi connectivity index (χ1) is 11.1. The van der Waals surface area contributed by atoms with E-state index in [9.17, 15) is 4.79 Å². The maximum atomic E-state index is 12.2. The van der Waals surface area contributed by atoms with Crippen LogP contribution in [0.2, 0.25) is 0 Å². The molecule has 0 fully saturated rings. The molecule has 6 heteroatoms. The molecule has 0 saturated heterocycles. The van der Waals surface area contributed by atoms with Crippen molar-refractivity contribution in [3.63, 3.8) is 0 Å². The van der Waals surface area contributed by atoms with Crippen LogP contribution in [0.1, 0.15) is 11.5 Å². The van der Waals surface area contributed by atoms with Gasteiger partial charge in [-0.1, -0.05) is 0 Å². The lowest BCUT2D eigenvalue weighted by molar-refractivity contribution is -0.112. The van der Waals surface area contributed by atoms with Crippen molar-refractivity contribution in [1.82, 2.24) is 0 Å². The standard InChI is InChI=1S/C17H16N2O4/c1-11-4-6-14(23-11)8-12(10-18)17(20)19-13-5-7-15(21-2)16(9-13)22-3/h4-9H,1-3H3,(H,19,20)/b12-8+. The molecule has 6 nitrogen and oxygen atoms in total. The molecule has 0 saturated carbocycles. The number of carbonyl (C=O) groups excluding carboxylic acids is 1. The second kappa shape index (κ2) is 7.18. The van der Waals surface area contributed by atoms with Crippen LogP contribution in [-0.2, 0) is 4.79 Å². The van der Waals surface area contributed by atoms with Gasteiger partial charge in [-0.3, -0.25) is 4.79 Å². The van der Waals surface area contributed by atoms with Crippen molar-refractivity contribution in [3.05, 3.63) is 47.4 Å². The van der Waals surface area contributed by atoms with Gasteiger partial charge in [-0.25, -0.2) is 0 Å². The smallest absolute Gasteiger partial charge is 0.266 e. The normalized spacial score (nSPS) is 10.8. The van der Waals surface area contributed by atoms with Gasteiger partial charge in [0.05, 0.1) is 14.2 Å². The van der Waals surface area contributed by atoms with Crippen LogP contribution in [0, 0.1) is 18.3 Å². The number of methoxy groups -OCH3 is 2. The Morgan fingerprint density at radius 3 is 2.52 bits per heavy atom. The van der Waals surface area contributed by atoms with Crippen LogP contribution in [0.4, 0.5) is 5.69 Å². The van der Waals surface area contributed by atoms with E-state index in [0.29, 0.717) is 28.7 Å². The first-order valence-corrected chi connectivity index (χ1v) is 6.79. The minimum absolute atomic E-state index is 0.0610. The molecule has 0 atom stereocenters. The largest absolute Gasteiger partial charge is 0.493 e. The molecule has 0 radical (unpaired) electrons. The number of carbonyl (C=O) groups is 1. The number of nitrogens with one attached hydrogen (secondary N) is 1. The van der Waals surface area contributed by atoms with Crippen LogP contribution in [0.3, 0.4) is 0 Å². The fourth-order valence-electron chi connectivity index (χ4n) is 1.93. The number of furan rings is 1. The number of anilines is 1. The van der Waals surface area contributed by atoms with Gasteiger partial charge in [0.2, 0.25) is 0 Å². The first-order valence-electron chi connectivity index (χ1n) is 6.79. The maximum Gasteiger partial charge on any atom is 0.266 e. The van der Waals surface area contributed by atoms with Gasteiger partial charge < -0.3 is 19.2 Å². The highest BCUT2D eigenvalue weighted by atomic mass is 16.5. The van der Waals surface area contributed by atoms with Crippen LogP contribution < -0.4 is 14.8 Å². The van der Waals surface area contributed by atoms with E-state index in [2.05, 4.69) is 5.32 Å². The third-order valence-corrected chi connectivity index (χ3v) is 3.05. The zero-order valence-electron chi connectivity index (χ0n) is 13.0. The minimum Gasteiger partial charge on any atom is -0.493 e. The molecule has 1 aromatic heterocycles. The fraction of sp³-hybridized carbons (Fsp3) is 0.176. The van der Waals surface area contributed by atoms with Crippen molar-refractivity contribution >= 4 is 17.7 Å². The Morgan fingerprint density at radius 1 is 1.22 bits per heavy atom. The monoisotopic (exact) mass is 312 g/mol. The van der Waals surface area contributed by atoms with Crippen molar-refractivity contribution in [2.45, 2.75) is 6.92 Å². The number of hydrogen-bond donors (Lipinski definition) is 1. The first kappa shape index (κ1) is 16.2. The van der Waals surface area contributed by atoms with Crippen molar-refractivity contribution in [2.75, 3.05) is 19.5 Å². The Hall–Kier alpha value is -3.20. The van der Waals surface area contributed by atoms with Gasteiger partial charge in [0.1, 0.15) is 23.2 Å². The van der Waals surface area contributed by atoms with Crippen molar-refractivity contribution in [2.24, 2.45) is 0 Å². The average molecular weight is 312 g/mol. The third kappa shape index (κ3) is 3.92. The van der Waals surface area contributed by atoms with Crippen LogP contribution in [0.25, 0.3) is 6.08 Å². The average Bonchev–Trinajstić information content (AvgIpc) is 2.97. The Morgan fingerprint density at radius 2 is 1.96 bits per heavy atom. The Bertz CT molecular complexity index is 784. The molecule has 1 heterocycles. The van der Waals surface area contributed by atoms with E-state index in [1.165, 1.54) is 20.3 Å². The number of nitriles is 1. The lowest BCUT2D eigenvalue weighted by Crippen LogP contribution is -2.13. The number of nitrogens with zero attached hydrogens (tertiary/aromatic N) is 1.